The number of alkyl halides is 3. The lowest BCUT2D eigenvalue weighted by molar-refractivity contribution is -0.139. The van der Waals surface area contributed by atoms with Crippen LogP contribution in [0.15, 0.2) is 65.6 Å². The van der Waals surface area contributed by atoms with Crippen molar-refractivity contribution in [1.29, 1.82) is 0 Å². The highest BCUT2D eigenvalue weighted by molar-refractivity contribution is 7.92. The van der Waals surface area contributed by atoms with E-state index >= 15 is 0 Å². The van der Waals surface area contributed by atoms with Crippen LogP contribution in [-0.4, -0.2) is 25.3 Å². The van der Waals surface area contributed by atoms with Gasteiger partial charge in [-0.3, -0.25) is 9.52 Å². The van der Waals surface area contributed by atoms with E-state index in [1.165, 1.54) is 54.3 Å². The van der Waals surface area contributed by atoms with Gasteiger partial charge in [-0.25, -0.2) is 12.8 Å². The number of ether oxygens (including phenoxy) is 1. The largest absolute Gasteiger partial charge is 0.480 e. The predicted octanol–water partition coefficient (Wildman–Crippen LogP) is 5.65. The first-order valence-corrected chi connectivity index (χ1v) is 12.9. The van der Waals surface area contributed by atoms with E-state index in [1.54, 1.807) is 6.92 Å². The zero-order chi connectivity index (χ0) is 27.0. The summed E-state index contributed by atoms with van der Waals surface area (Å²) in [5.41, 5.74) is 0.397. The minimum absolute atomic E-state index is 0.0182. The summed E-state index contributed by atoms with van der Waals surface area (Å²) in [5, 5.41) is 0. The molecule has 0 aromatic heterocycles. The first kappa shape index (κ1) is 26.5. The second kappa shape index (κ2) is 10.0. The van der Waals surface area contributed by atoms with Crippen LogP contribution in [0, 0.1) is 12.7 Å². The number of aryl methyl sites for hydroxylation is 1. The van der Waals surface area contributed by atoms with Crippen molar-refractivity contribution in [2.24, 2.45) is 0 Å². The normalized spacial score (nSPS) is 16.1. The van der Waals surface area contributed by atoms with Crippen LogP contribution in [0.25, 0.3) is 0 Å². The quantitative estimate of drug-likeness (QED) is 0.413. The monoisotopic (exact) mass is 536 g/mol. The minimum Gasteiger partial charge on any atom is -0.480 e. The molecule has 0 fully saturated rings. The molecule has 1 atom stereocenters. The van der Waals surface area contributed by atoms with Gasteiger partial charge >= 0.3 is 6.18 Å². The van der Waals surface area contributed by atoms with Gasteiger partial charge < -0.3 is 9.64 Å². The van der Waals surface area contributed by atoms with Crippen LogP contribution in [0.2, 0.25) is 0 Å². The Labute approximate surface area is 211 Å². The molecular weight excluding hydrogens is 512 g/mol. The molecule has 6 nitrogen and oxygen atoms in total. The number of nitrogens with zero attached hydrogens (tertiary/aromatic N) is 1. The number of anilines is 1. The molecule has 0 bridgehead atoms. The molecule has 0 saturated heterocycles. The van der Waals surface area contributed by atoms with Gasteiger partial charge in [0, 0.05) is 24.3 Å². The number of nitrogens with one attached hydrogen (secondary N) is 1. The maximum Gasteiger partial charge on any atom is 0.416 e. The molecule has 3 aromatic rings. The number of fused-ring (bicyclic) bond motifs is 1. The molecule has 0 unspecified atom stereocenters. The number of carbonyl (C=O) groups excluding carboxylic acids is 1. The third-order valence-electron chi connectivity index (χ3n) is 5.98. The Kier molecular flexibility index (Phi) is 7.18. The van der Waals surface area contributed by atoms with Gasteiger partial charge in [-0.15, -0.1) is 0 Å². The number of carbonyl (C=O) groups is 1. The summed E-state index contributed by atoms with van der Waals surface area (Å²) >= 11 is 0. The molecule has 1 N–H and O–H groups in total. The Morgan fingerprint density at radius 2 is 1.84 bits per heavy atom. The van der Waals surface area contributed by atoms with Gasteiger partial charge in [-0.1, -0.05) is 25.1 Å². The van der Waals surface area contributed by atoms with Gasteiger partial charge in [0.25, 0.3) is 15.9 Å². The lowest BCUT2D eigenvalue weighted by Gasteiger charge is -2.23. The molecule has 37 heavy (non-hydrogen) atoms. The number of amides is 1. The Morgan fingerprint density at radius 3 is 2.51 bits per heavy atom. The first-order chi connectivity index (χ1) is 17.4. The third kappa shape index (κ3) is 5.87. The molecule has 1 amide bonds. The van der Waals surface area contributed by atoms with Crippen molar-refractivity contribution in [2.75, 3.05) is 4.72 Å². The first-order valence-electron chi connectivity index (χ1n) is 11.4. The minimum atomic E-state index is -4.52. The fourth-order valence-electron chi connectivity index (χ4n) is 3.99. The van der Waals surface area contributed by atoms with Gasteiger partial charge in [-0.2, -0.15) is 13.2 Å². The molecule has 196 valence electrons. The van der Waals surface area contributed by atoms with E-state index < -0.39 is 39.6 Å². The molecule has 0 spiro atoms. The van der Waals surface area contributed by atoms with Gasteiger partial charge in [-0.05, 0) is 66.9 Å². The highest BCUT2D eigenvalue weighted by Gasteiger charge is 2.32. The van der Waals surface area contributed by atoms with Crippen LogP contribution < -0.4 is 9.46 Å². The summed E-state index contributed by atoms with van der Waals surface area (Å²) in [7, 11) is -4.11. The maximum absolute atomic E-state index is 13.9. The van der Waals surface area contributed by atoms with Gasteiger partial charge in [0.05, 0.1) is 10.5 Å². The van der Waals surface area contributed by atoms with Gasteiger partial charge in [0.15, 0.2) is 6.10 Å². The number of sulfonamides is 1. The fourth-order valence-corrected chi connectivity index (χ4v) is 5.05. The Bertz CT molecular complexity index is 1440. The average Bonchev–Trinajstić information content (AvgIpc) is 2.96. The summed E-state index contributed by atoms with van der Waals surface area (Å²) in [4.78, 5) is 14.2. The molecular formula is C26H24F4N2O4S. The molecule has 1 aliphatic rings. The van der Waals surface area contributed by atoms with Gasteiger partial charge in [0.2, 0.25) is 0 Å². The van der Waals surface area contributed by atoms with E-state index in [-0.39, 0.29) is 23.7 Å². The van der Waals surface area contributed by atoms with Crippen LogP contribution in [0.5, 0.6) is 5.75 Å². The SMILES string of the molecule is CC[C@H]1Oc2ccc(NS(=O)(=O)c3ccc(C)c(F)c3)cc2CN(Cc2cccc(C(F)(F)F)c2)C1=O. The summed E-state index contributed by atoms with van der Waals surface area (Å²) < 4.78 is 87.3. The second-order valence-electron chi connectivity index (χ2n) is 8.75. The highest BCUT2D eigenvalue weighted by atomic mass is 32.2. The number of rotatable bonds is 6. The molecule has 1 aliphatic heterocycles. The van der Waals surface area contributed by atoms with Crippen LogP contribution in [0.3, 0.4) is 0 Å². The summed E-state index contributed by atoms with van der Waals surface area (Å²) in [6.45, 7) is 3.15. The Balaban J connectivity index is 1.63. The second-order valence-corrected chi connectivity index (χ2v) is 10.4. The maximum atomic E-state index is 13.9. The average molecular weight is 537 g/mol. The standard InChI is InChI=1S/C26H24F4N2O4S/c1-3-23-25(33)32(14-17-5-4-6-19(11-17)26(28,29)30)15-18-12-20(8-10-24(18)36-23)31-37(34,35)21-9-7-16(2)22(27)13-21/h4-13,23,31H,3,14-15H2,1-2H3/t23-/m1/s1. The summed E-state index contributed by atoms with van der Waals surface area (Å²) in [5.74, 6) is -0.697. The zero-order valence-electron chi connectivity index (χ0n) is 20.0. The van der Waals surface area contributed by atoms with Crippen molar-refractivity contribution in [3.63, 3.8) is 0 Å². The number of hydrogen-bond donors (Lipinski definition) is 1. The molecule has 0 radical (unpaired) electrons. The number of halogens is 4. The topological polar surface area (TPSA) is 75.7 Å². The predicted molar refractivity (Wildman–Crippen MR) is 129 cm³/mol. The zero-order valence-corrected chi connectivity index (χ0v) is 20.8. The van der Waals surface area contributed by atoms with Crippen molar-refractivity contribution in [2.45, 2.75) is 50.5 Å². The third-order valence-corrected chi connectivity index (χ3v) is 7.36. The van der Waals surface area contributed by atoms with Crippen LogP contribution in [0.1, 0.15) is 35.6 Å². The lowest BCUT2D eigenvalue weighted by Crippen LogP contribution is -2.38. The van der Waals surface area contributed by atoms with E-state index in [0.717, 1.165) is 18.2 Å². The molecule has 3 aromatic carbocycles. The summed E-state index contributed by atoms with van der Waals surface area (Å²) in [6, 6.07) is 12.8. The van der Waals surface area contributed by atoms with Gasteiger partial charge in [0.1, 0.15) is 11.6 Å². The number of benzene rings is 3. The molecule has 0 saturated carbocycles. The Morgan fingerprint density at radius 1 is 1.08 bits per heavy atom. The van der Waals surface area contributed by atoms with E-state index in [2.05, 4.69) is 4.72 Å². The van der Waals surface area contributed by atoms with E-state index in [4.69, 9.17) is 4.74 Å². The molecule has 1 heterocycles. The summed E-state index contributed by atoms with van der Waals surface area (Å²) in [6.07, 6.45) is -5.05. The van der Waals surface area contributed by atoms with E-state index in [0.29, 0.717) is 28.9 Å². The molecule has 4 rings (SSSR count). The molecule has 0 aliphatic carbocycles. The van der Waals surface area contributed by atoms with Crippen molar-refractivity contribution >= 4 is 21.6 Å². The van der Waals surface area contributed by atoms with Crippen LogP contribution in [-0.2, 0) is 34.1 Å². The van der Waals surface area contributed by atoms with Crippen LogP contribution in [0.4, 0.5) is 23.2 Å². The lowest BCUT2D eigenvalue weighted by atomic mass is 10.1. The van der Waals surface area contributed by atoms with E-state index in [1.807, 2.05) is 0 Å². The van der Waals surface area contributed by atoms with Crippen molar-refractivity contribution in [3.05, 3.63) is 88.7 Å². The highest BCUT2D eigenvalue weighted by Crippen LogP contribution is 2.33. The van der Waals surface area contributed by atoms with Crippen molar-refractivity contribution < 1.29 is 35.5 Å². The Hall–Kier alpha value is -3.60. The smallest absolute Gasteiger partial charge is 0.416 e. The number of hydrogen-bond acceptors (Lipinski definition) is 4. The van der Waals surface area contributed by atoms with Crippen molar-refractivity contribution in [3.8, 4) is 5.75 Å². The fraction of sp³-hybridized carbons (Fsp3) is 0.269. The van der Waals surface area contributed by atoms with E-state index in [9.17, 15) is 30.8 Å². The van der Waals surface area contributed by atoms with Crippen LogP contribution >= 0.6 is 0 Å². The molecule has 11 heteroatoms. The van der Waals surface area contributed by atoms with Crippen molar-refractivity contribution in [1.82, 2.24) is 4.90 Å².